The van der Waals surface area contributed by atoms with Crippen molar-refractivity contribution in [3.05, 3.63) is 42.5 Å². The lowest BCUT2D eigenvalue weighted by Gasteiger charge is -1.94. The Morgan fingerprint density at radius 2 is 2.06 bits per heavy atom. The van der Waals surface area contributed by atoms with Gasteiger partial charge in [0.05, 0.1) is 5.75 Å². The Morgan fingerprint density at radius 3 is 2.89 bits per heavy atom. The largest absolute Gasteiger partial charge is 0.440 e. The first-order valence-corrected chi connectivity index (χ1v) is 6.34. The van der Waals surface area contributed by atoms with Gasteiger partial charge in [-0.25, -0.2) is 15.0 Å². The fraction of sp³-hybridized carbons (Fsp3) is 0.0833. The second-order valence-corrected chi connectivity index (χ2v) is 4.60. The predicted molar refractivity (Wildman–Crippen MR) is 70.0 cm³/mol. The number of fused-ring (bicyclic) bond motifs is 1. The molecule has 0 spiro atoms. The Bertz CT molecular complexity index is 668. The molecule has 0 saturated heterocycles. The van der Waals surface area contributed by atoms with Crippen molar-refractivity contribution >= 4 is 28.5 Å². The number of aromatic nitrogens is 3. The molecule has 2 heterocycles. The quantitative estimate of drug-likeness (QED) is 0.442. The minimum absolute atomic E-state index is 0.596. The van der Waals surface area contributed by atoms with Crippen molar-refractivity contribution in [1.82, 2.24) is 15.0 Å². The average molecular weight is 258 g/mol. The van der Waals surface area contributed by atoms with Crippen molar-refractivity contribution in [2.75, 3.05) is 5.73 Å². The number of nitrogens with zero attached hydrogens (tertiary/aromatic N) is 3. The Kier molecular flexibility index (Phi) is 2.85. The van der Waals surface area contributed by atoms with Gasteiger partial charge >= 0.3 is 0 Å². The number of anilines is 1. The molecule has 0 aliphatic carbocycles. The van der Waals surface area contributed by atoms with Gasteiger partial charge in [0.1, 0.15) is 5.52 Å². The Balaban J connectivity index is 1.79. The van der Waals surface area contributed by atoms with Gasteiger partial charge < -0.3 is 10.2 Å². The van der Waals surface area contributed by atoms with E-state index in [-0.39, 0.29) is 0 Å². The molecule has 0 aliphatic heterocycles. The number of rotatable bonds is 3. The lowest BCUT2D eigenvalue weighted by Crippen LogP contribution is -1.85. The van der Waals surface area contributed by atoms with Gasteiger partial charge in [-0.2, -0.15) is 0 Å². The Labute approximate surface area is 107 Å². The second kappa shape index (κ2) is 4.66. The van der Waals surface area contributed by atoms with E-state index >= 15 is 0 Å². The predicted octanol–water partition coefficient (Wildman–Crippen LogP) is 2.49. The summed E-state index contributed by atoms with van der Waals surface area (Å²) in [7, 11) is 0. The monoisotopic (exact) mass is 258 g/mol. The lowest BCUT2D eigenvalue weighted by atomic mass is 10.3. The van der Waals surface area contributed by atoms with Gasteiger partial charge in [-0.15, -0.1) is 0 Å². The van der Waals surface area contributed by atoms with Crippen LogP contribution in [0.3, 0.4) is 0 Å². The van der Waals surface area contributed by atoms with Crippen LogP contribution in [0.1, 0.15) is 5.89 Å². The third-order valence-electron chi connectivity index (χ3n) is 2.32. The third-order valence-corrected chi connectivity index (χ3v) is 3.18. The molecule has 0 fully saturated rings. The van der Waals surface area contributed by atoms with Crippen LogP contribution in [0.4, 0.5) is 5.69 Å². The summed E-state index contributed by atoms with van der Waals surface area (Å²) in [5.74, 6) is 1.24. The van der Waals surface area contributed by atoms with E-state index in [0.29, 0.717) is 28.1 Å². The van der Waals surface area contributed by atoms with E-state index in [0.717, 1.165) is 5.52 Å². The molecule has 1 aromatic carbocycles. The summed E-state index contributed by atoms with van der Waals surface area (Å²) in [6.07, 6.45) is 3.42. The van der Waals surface area contributed by atoms with Crippen molar-refractivity contribution in [3.8, 4) is 0 Å². The highest BCUT2D eigenvalue weighted by Crippen LogP contribution is 2.23. The van der Waals surface area contributed by atoms with Crippen molar-refractivity contribution in [2.24, 2.45) is 0 Å². The molecule has 2 aromatic heterocycles. The van der Waals surface area contributed by atoms with Gasteiger partial charge in [0.15, 0.2) is 10.7 Å². The van der Waals surface area contributed by atoms with Crippen LogP contribution in [0.15, 0.2) is 46.2 Å². The molecule has 6 heteroatoms. The van der Waals surface area contributed by atoms with E-state index in [1.54, 1.807) is 24.5 Å². The fourth-order valence-electron chi connectivity index (χ4n) is 1.54. The molecule has 0 saturated carbocycles. The zero-order chi connectivity index (χ0) is 12.4. The highest BCUT2D eigenvalue weighted by Gasteiger charge is 2.07. The van der Waals surface area contributed by atoms with Crippen LogP contribution in [0.25, 0.3) is 11.1 Å². The summed E-state index contributed by atoms with van der Waals surface area (Å²) in [6, 6.07) is 7.21. The van der Waals surface area contributed by atoms with Crippen LogP contribution >= 0.6 is 11.8 Å². The Morgan fingerprint density at radius 1 is 1.22 bits per heavy atom. The minimum atomic E-state index is 0.596. The first-order chi connectivity index (χ1) is 8.81. The molecular weight excluding hydrogens is 248 g/mol. The van der Waals surface area contributed by atoms with Crippen LogP contribution in [0.2, 0.25) is 0 Å². The minimum Gasteiger partial charge on any atom is -0.440 e. The van der Waals surface area contributed by atoms with E-state index in [4.69, 9.17) is 10.2 Å². The molecule has 5 nitrogen and oxygen atoms in total. The van der Waals surface area contributed by atoms with Crippen molar-refractivity contribution < 1.29 is 4.42 Å². The van der Waals surface area contributed by atoms with Gasteiger partial charge in [-0.05, 0) is 18.2 Å². The molecule has 0 bridgehead atoms. The van der Waals surface area contributed by atoms with Crippen molar-refractivity contribution in [1.29, 1.82) is 0 Å². The van der Waals surface area contributed by atoms with Gasteiger partial charge in [-0.3, -0.25) is 0 Å². The molecule has 0 atom stereocenters. The van der Waals surface area contributed by atoms with E-state index in [1.807, 2.05) is 12.1 Å². The summed E-state index contributed by atoms with van der Waals surface area (Å²) in [6.45, 7) is 0. The third kappa shape index (κ3) is 2.28. The van der Waals surface area contributed by atoms with Gasteiger partial charge in [0.2, 0.25) is 5.89 Å². The summed E-state index contributed by atoms with van der Waals surface area (Å²) in [5, 5.41) is 0.708. The summed E-state index contributed by atoms with van der Waals surface area (Å²) in [5.41, 5.74) is 7.88. The lowest BCUT2D eigenvalue weighted by molar-refractivity contribution is 0.556. The van der Waals surface area contributed by atoms with Gasteiger partial charge in [0, 0.05) is 24.1 Å². The van der Waals surface area contributed by atoms with E-state index < -0.39 is 0 Å². The number of hydrogen-bond donors (Lipinski definition) is 1. The van der Waals surface area contributed by atoms with Crippen molar-refractivity contribution in [2.45, 2.75) is 10.9 Å². The standard InChI is InChI=1S/C12H10N4OS/c13-8-2-3-9-10(6-8)17-11(16-9)7-18-12-14-4-1-5-15-12/h1-6H,7,13H2. The second-order valence-electron chi connectivity index (χ2n) is 3.65. The number of oxazole rings is 1. The SMILES string of the molecule is Nc1ccc2nc(CSc3ncccn3)oc2c1. The number of hydrogen-bond acceptors (Lipinski definition) is 6. The molecule has 0 radical (unpaired) electrons. The highest BCUT2D eigenvalue weighted by molar-refractivity contribution is 7.98. The van der Waals surface area contributed by atoms with Crippen LogP contribution < -0.4 is 5.73 Å². The van der Waals surface area contributed by atoms with Crippen molar-refractivity contribution in [3.63, 3.8) is 0 Å². The number of nitrogens with two attached hydrogens (primary N) is 1. The maximum absolute atomic E-state index is 5.69. The Hall–Kier alpha value is -2.08. The average Bonchev–Trinajstić information content (AvgIpc) is 2.79. The smallest absolute Gasteiger partial charge is 0.205 e. The molecule has 18 heavy (non-hydrogen) atoms. The molecule has 0 unspecified atom stereocenters. The van der Waals surface area contributed by atoms with Crippen LogP contribution in [-0.4, -0.2) is 15.0 Å². The zero-order valence-electron chi connectivity index (χ0n) is 9.41. The van der Waals surface area contributed by atoms with Gasteiger partial charge in [0.25, 0.3) is 0 Å². The summed E-state index contributed by atoms with van der Waals surface area (Å²) >= 11 is 1.48. The van der Waals surface area contributed by atoms with E-state index in [1.165, 1.54) is 11.8 Å². The van der Waals surface area contributed by atoms with Gasteiger partial charge in [-0.1, -0.05) is 11.8 Å². The van der Waals surface area contributed by atoms with Crippen LogP contribution in [-0.2, 0) is 5.75 Å². The normalized spacial score (nSPS) is 10.9. The molecule has 0 aliphatic rings. The number of benzene rings is 1. The van der Waals surface area contributed by atoms with Crippen LogP contribution in [0.5, 0.6) is 0 Å². The molecule has 3 rings (SSSR count). The first kappa shape index (κ1) is 11.0. The topological polar surface area (TPSA) is 77.8 Å². The fourth-order valence-corrected chi connectivity index (χ4v) is 2.18. The van der Waals surface area contributed by atoms with E-state index in [9.17, 15) is 0 Å². The molecule has 90 valence electrons. The zero-order valence-corrected chi connectivity index (χ0v) is 10.2. The first-order valence-electron chi connectivity index (χ1n) is 5.36. The summed E-state index contributed by atoms with van der Waals surface area (Å²) in [4.78, 5) is 12.6. The number of thioether (sulfide) groups is 1. The molecule has 2 N–H and O–H groups in total. The summed E-state index contributed by atoms with van der Waals surface area (Å²) < 4.78 is 5.60. The maximum Gasteiger partial charge on any atom is 0.205 e. The maximum atomic E-state index is 5.69. The molecule has 3 aromatic rings. The number of nitrogen functional groups attached to an aromatic ring is 1. The molecular formula is C12H10N4OS. The highest BCUT2D eigenvalue weighted by atomic mass is 32.2. The van der Waals surface area contributed by atoms with Crippen LogP contribution in [0, 0.1) is 0 Å². The molecule has 0 amide bonds. The van der Waals surface area contributed by atoms with E-state index in [2.05, 4.69) is 15.0 Å².